The van der Waals surface area contributed by atoms with E-state index in [2.05, 4.69) is 14.9 Å². The molecule has 0 saturated heterocycles. The Morgan fingerprint density at radius 1 is 1.45 bits per heavy atom. The van der Waals surface area contributed by atoms with E-state index in [1.165, 1.54) is 0 Å². The highest BCUT2D eigenvalue weighted by molar-refractivity contribution is 7.84. The van der Waals surface area contributed by atoms with Crippen molar-refractivity contribution in [2.45, 2.75) is 26.1 Å². The number of carbonyl (C=O) groups excluding carboxylic acids is 1. The maximum Gasteiger partial charge on any atom is 0.226 e. The van der Waals surface area contributed by atoms with Crippen molar-refractivity contribution in [1.29, 1.82) is 0 Å². The van der Waals surface area contributed by atoms with Crippen LogP contribution in [0.5, 0.6) is 0 Å². The predicted octanol–water partition coefficient (Wildman–Crippen LogP) is 1.89. The quantitative estimate of drug-likeness (QED) is 0.919. The first kappa shape index (κ1) is 13.3. The Bertz CT molecular complexity index is 706. The third-order valence-corrected chi connectivity index (χ3v) is 4.67. The highest BCUT2D eigenvalue weighted by Crippen LogP contribution is 2.23. The molecule has 1 aromatic carbocycles. The van der Waals surface area contributed by atoms with Crippen LogP contribution < -0.4 is 5.32 Å². The molecular formula is C14H17N3O2S. The number of aromatic nitrogens is 2. The van der Waals surface area contributed by atoms with Crippen LogP contribution in [0.25, 0.3) is 11.0 Å². The Balaban J connectivity index is 1.96. The molecule has 5 nitrogen and oxygen atoms in total. The first-order valence-electron chi connectivity index (χ1n) is 6.69. The summed E-state index contributed by atoms with van der Waals surface area (Å²) in [7, 11) is -0.802. The summed E-state index contributed by atoms with van der Waals surface area (Å²) in [5.74, 6) is 2.02. The summed E-state index contributed by atoms with van der Waals surface area (Å²) in [5, 5.41) is 2.87. The van der Waals surface area contributed by atoms with Crippen LogP contribution >= 0.6 is 0 Å². The molecule has 2 heterocycles. The first-order valence-corrected chi connectivity index (χ1v) is 8.18. The number of benzene rings is 1. The average molecular weight is 291 g/mol. The minimum atomic E-state index is -0.802. The third-order valence-electron chi connectivity index (χ3n) is 3.45. The Morgan fingerprint density at radius 3 is 3.00 bits per heavy atom. The van der Waals surface area contributed by atoms with Crippen LogP contribution in [0.15, 0.2) is 18.2 Å². The van der Waals surface area contributed by atoms with Crippen LogP contribution in [0.3, 0.4) is 0 Å². The Labute approximate surface area is 119 Å². The highest BCUT2D eigenvalue weighted by Gasteiger charge is 2.19. The van der Waals surface area contributed by atoms with Crippen LogP contribution in [0.4, 0.5) is 5.69 Å². The summed E-state index contributed by atoms with van der Waals surface area (Å²) < 4.78 is 13.7. The van der Waals surface area contributed by atoms with Gasteiger partial charge in [0.2, 0.25) is 5.91 Å². The molecule has 2 aromatic rings. The van der Waals surface area contributed by atoms with Gasteiger partial charge in [0.1, 0.15) is 5.82 Å². The number of hydrogen-bond donors (Lipinski definition) is 1. The van der Waals surface area contributed by atoms with Crippen molar-refractivity contribution < 1.29 is 9.00 Å². The molecule has 1 amide bonds. The molecular weight excluding hydrogens is 274 g/mol. The number of nitrogens with one attached hydrogen (secondary N) is 1. The summed E-state index contributed by atoms with van der Waals surface area (Å²) >= 11 is 0. The van der Waals surface area contributed by atoms with E-state index in [9.17, 15) is 9.00 Å². The van der Waals surface area contributed by atoms with Gasteiger partial charge >= 0.3 is 0 Å². The Morgan fingerprint density at radius 2 is 2.25 bits per heavy atom. The lowest BCUT2D eigenvalue weighted by molar-refractivity contribution is -0.118. The number of aryl methyl sites for hydroxylation is 1. The van der Waals surface area contributed by atoms with E-state index in [4.69, 9.17) is 0 Å². The van der Waals surface area contributed by atoms with Gasteiger partial charge in [-0.3, -0.25) is 9.00 Å². The number of rotatable bonds is 2. The largest absolute Gasteiger partial charge is 0.326 e. The minimum Gasteiger partial charge on any atom is -0.326 e. The fourth-order valence-electron chi connectivity index (χ4n) is 2.31. The summed E-state index contributed by atoms with van der Waals surface area (Å²) in [4.78, 5) is 16.2. The number of carbonyl (C=O) groups is 1. The lowest BCUT2D eigenvalue weighted by atomic mass is 10.2. The topological polar surface area (TPSA) is 64.0 Å². The molecule has 3 rings (SSSR count). The fraction of sp³-hybridized carbons (Fsp3) is 0.429. The van der Waals surface area contributed by atoms with E-state index in [1.54, 1.807) is 0 Å². The third kappa shape index (κ3) is 2.35. The van der Waals surface area contributed by atoms with Gasteiger partial charge in [-0.1, -0.05) is 13.8 Å². The zero-order valence-electron chi connectivity index (χ0n) is 11.5. The summed E-state index contributed by atoms with van der Waals surface area (Å²) in [6.45, 7) is 4.47. The second kappa shape index (κ2) is 5.01. The molecule has 1 N–H and O–H groups in total. The zero-order chi connectivity index (χ0) is 14.3. The monoisotopic (exact) mass is 291 g/mol. The maximum absolute atomic E-state index is 11.7. The molecule has 0 radical (unpaired) electrons. The molecule has 0 bridgehead atoms. The van der Waals surface area contributed by atoms with Crippen molar-refractivity contribution in [2.24, 2.45) is 5.92 Å². The van der Waals surface area contributed by atoms with E-state index in [0.717, 1.165) is 29.1 Å². The molecule has 1 aromatic heterocycles. The second-order valence-electron chi connectivity index (χ2n) is 5.32. The van der Waals surface area contributed by atoms with E-state index >= 15 is 0 Å². The lowest BCUT2D eigenvalue weighted by Gasteiger charge is -2.13. The first-order chi connectivity index (χ1) is 9.54. The molecule has 1 aliphatic heterocycles. The van der Waals surface area contributed by atoms with Crippen LogP contribution in [0.1, 0.15) is 19.7 Å². The van der Waals surface area contributed by atoms with Crippen molar-refractivity contribution in [3.63, 3.8) is 0 Å². The zero-order valence-corrected chi connectivity index (χ0v) is 12.4. The van der Waals surface area contributed by atoms with Crippen molar-refractivity contribution in [3.8, 4) is 0 Å². The number of hydrogen-bond acceptors (Lipinski definition) is 3. The molecule has 6 heteroatoms. The number of nitrogens with zero attached hydrogens (tertiary/aromatic N) is 2. The molecule has 0 saturated carbocycles. The number of amides is 1. The predicted molar refractivity (Wildman–Crippen MR) is 79.9 cm³/mol. The van der Waals surface area contributed by atoms with Gasteiger partial charge in [-0.25, -0.2) is 4.98 Å². The molecule has 0 aliphatic carbocycles. The van der Waals surface area contributed by atoms with E-state index in [1.807, 2.05) is 32.0 Å². The van der Waals surface area contributed by atoms with Crippen molar-refractivity contribution in [3.05, 3.63) is 24.0 Å². The van der Waals surface area contributed by atoms with Crippen LogP contribution in [0, 0.1) is 5.92 Å². The molecule has 1 aliphatic rings. The fourth-order valence-corrected chi connectivity index (χ4v) is 3.35. The smallest absolute Gasteiger partial charge is 0.226 e. The van der Waals surface area contributed by atoms with Gasteiger partial charge in [0, 0.05) is 34.7 Å². The van der Waals surface area contributed by atoms with Gasteiger partial charge in [-0.15, -0.1) is 0 Å². The van der Waals surface area contributed by atoms with Crippen molar-refractivity contribution >= 4 is 33.4 Å². The molecule has 1 unspecified atom stereocenters. The van der Waals surface area contributed by atoms with Crippen LogP contribution in [-0.4, -0.2) is 25.4 Å². The molecule has 0 spiro atoms. The molecule has 106 valence electrons. The van der Waals surface area contributed by atoms with Gasteiger partial charge in [0.15, 0.2) is 0 Å². The van der Waals surface area contributed by atoms with Gasteiger partial charge in [-0.05, 0) is 18.2 Å². The maximum atomic E-state index is 11.7. The van der Waals surface area contributed by atoms with Crippen LogP contribution in [0.2, 0.25) is 0 Å². The molecule has 20 heavy (non-hydrogen) atoms. The summed E-state index contributed by atoms with van der Waals surface area (Å²) in [6, 6.07) is 5.74. The Hall–Kier alpha value is -1.69. The lowest BCUT2D eigenvalue weighted by Crippen LogP contribution is -2.19. The Kier molecular flexibility index (Phi) is 3.33. The average Bonchev–Trinajstić information content (AvgIpc) is 2.74. The highest BCUT2D eigenvalue weighted by atomic mass is 32.2. The summed E-state index contributed by atoms with van der Waals surface area (Å²) in [6.07, 6.45) is 0. The van der Waals surface area contributed by atoms with Gasteiger partial charge in [0.05, 0.1) is 16.8 Å². The van der Waals surface area contributed by atoms with Gasteiger partial charge < -0.3 is 9.88 Å². The minimum absolute atomic E-state index is 0.00516. The molecule has 1 atom stereocenters. The van der Waals surface area contributed by atoms with Crippen molar-refractivity contribution in [1.82, 2.24) is 9.55 Å². The van der Waals surface area contributed by atoms with E-state index < -0.39 is 10.8 Å². The standard InChI is InChI=1S/C14H17N3O2S/c1-9(2)14(18)15-10-3-4-12-11(7-10)16-13-8-20(19)6-5-17(12)13/h3-4,7,9H,5-6,8H2,1-2H3,(H,15,18). The number of anilines is 1. The summed E-state index contributed by atoms with van der Waals surface area (Å²) in [5.41, 5.74) is 2.65. The van der Waals surface area contributed by atoms with E-state index in [-0.39, 0.29) is 11.8 Å². The van der Waals surface area contributed by atoms with E-state index in [0.29, 0.717) is 11.5 Å². The van der Waals surface area contributed by atoms with Gasteiger partial charge in [0.25, 0.3) is 0 Å². The van der Waals surface area contributed by atoms with Gasteiger partial charge in [-0.2, -0.15) is 0 Å². The molecule has 0 fully saturated rings. The second-order valence-corrected chi connectivity index (χ2v) is 6.89. The van der Waals surface area contributed by atoms with Crippen LogP contribution in [-0.2, 0) is 27.9 Å². The normalized spacial score (nSPS) is 18.2. The number of fused-ring (bicyclic) bond motifs is 3. The SMILES string of the molecule is CC(C)C(=O)Nc1ccc2c(c1)nc1n2CCS(=O)C1. The number of imidazole rings is 1. The van der Waals surface area contributed by atoms with Crippen molar-refractivity contribution in [2.75, 3.05) is 11.1 Å².